The Morgan fingerprint density at radius 3 is 2.14 bits per heavy atom. The van der Waals surface area contributed by atoms with Crippen LogP contribution in [-0.4, -0.2) is 11.6 Å². The van der Waals surface area contributed by atoms with Crippen LogP contribution in [0.5, 0.6) is 0 Å². The van der Waals surface area contributed by atoms with Gasteiger partial charge >= 0.3 is 0 Å². The predicted octanol–water partition coefficient (Wildman–Crippen LogP) is 4.01. The van der Waals surface area contributed by atoms with Crippen molar-refractivity contribution in [3.63, 3.8) is 0 Å². The maximum absolute atomic E-state index is 12.2. The highest BCUT2D eigenvalue weighted by atomic mass is 16.2. The first-order chi connectivity index (χ1) is 10.6. The first kappa shape index (κ1) is 14.0. The zero-order chi connectivity index (χ0) is 15.2. The molecule has 4 saturated carbocycles. The molecule has 4 fully saturated rings. The molecule has 1 aromatic carbocycles. The summed E-state index contributed by atoms with van der Waals surface area (Å²) in [7, 11) is 0. The van der Waals surface area contributed by atoms with Gasteiger partial charge in [-0.15, -0.1) is 0 Å². The molecule has 22 heavy (non-hydrogen) atoms. The van der Waals surface area contributed by atoms with Gasteiger partial charge in [-0.2, -0.15) is 5.10 Å². The summed E-state index contributed by atoms with van der Waals surface area (Å²) in [5, 5.41) is 4.51. The van der Waals surface area contributed by atoms with Crippen molar-refractivity contribution in [1.82, 2.24) is 5.43 Å². The molecule has 4 aliphatic carbocycles. The lowest BCUT2D eigenvalue weighted by molar-refractivity contribution is -0.0128. The topological polar surface area (TPSA) is 41.5 Å². The Labute approximate surface area is 132 Å². The number of hydrazone groups is 1. The highest BCUT2D eigenvalue weighted by molar-refractivity contribution is 5.96. The largest absolute Gasteiger partial charge is 0.271 e. The molecular weight excluding hydrogens is 272 g/mol. The van der Waals surface area contributed by atoms with E-state index in [9.17, 15) is 4.79 Å². The molecule has 3 nitrogen and oxygen atoms in total. The number of nitrogens with zero attached hydrogens (tertiary/aromatic N) is 1. The van der Waals surface area contributed by atoms with Crippen LogP contribution in [0.4, 0.5) is 0 Å². The van der Waals surface area contributed by atoms with Crippen LogP contribution in [0.25, 0.3) is 0 Å². The lowest BCUT2D eigenvalue weighted by Crippen LogP contribution is -2.49. The van der Waals surface area contributed by atoms with Crippen molar-refractivity contribution < 1.29 is 4.79 Å². The van der Waals surface area contributed by atoms with Gasteiger partial charge in [0.2, 0.25) is 0 Å². The number of carbonyl (C=O) groups excluding carboxylic acids is 1. The van der Waals surface area contributed by atoms with E-state index in [1.54, 1.807) is 0 Å². The minimum atomic E-state index is -0.107. The van der Waals surface area contributed by atoms with E-state index < -0.39 is 0 Å². The van der Waals surface area contributed by atoms with Crippen LogP contribution in [0.1, 0.15) is 55.8 Å². The molecule has 1 N–H and O–H groups in total. The van der Waals surface area contributed by atoms with Gasteiger partial charge in [-0.3, -0.25) is 4.79 Å². The molecule has 116 valence electrons. The second-order valence-electron chi connectivity index (χ2n) is 7.70. The van der Waals surface area contributed by atoms with Crippen LogP contribution in [0.3, 0.4) is 0 Å². The van der Waals surface area contributed by atoms with Crippen molar-refractivity contribution >= 4 is 11.6 Å². The molecule has 0 unspecified atom stereocenters. The molecule has 0 heterocycles. The summed E-state index contributed by atoms with van der Waals surface area (Å²) in [6.45, 7) is 2.12. The number of benzene rings is 1. The van der Waals surface area contributed by atoms with E-state index in [4.69, 9.17) is 0 Å². The third kappa shape index (κ3) is 2.37. The Kier molecular flexibility index (Phi) is 3.32. The van der Waals surface area contributed by atoms with Crippen LogP contribution < -0.4 is 5.43 Å². The SMILES string of the molecule is C/C(=N/NC(=O)c1ccccc1)C12CC3CC(CC(C3)C1)C2. The molecule has 1 aromatic rings. The van der Waals surface area contributed by atoms with Gasteiger partial charge in [0.25, 0.3) is 5.91 Å². The van der Waals surface area contributed by atoms with E-state index in [1.807, 2.05) is 30.3 Å². The fraction of sp³-hybridized carbons (Fsp3) is 0.579. The first-order valence-corrected chi connectivity index (χ1v) is 8.55. The molecule has 0 aromatic heterocycles. The Balaban J connectivity index is 1.49. The molecule has 4 aliphatic rings. The number of hydrogen-bond acceptors (Lipinski definition) is 2. The third-order valence-corrected chi connectivity index (χ3v) is 6.17. The van der Waals surface area contributed by atoms with Gasteiger partial charge in [-0.05, 0) is 75.3 Å². The average Bonchev–Trinajstić information content (AvgIpc) is 2.51. The summed E-state index contributed by atoms with van der Waals surface area (Å²) in [6, 6.07) is 9.33. The van der Waals surface area contributed by atoms with Gasteiger partial charge in [0.05, 0.1) is 0 Å². The maximum Gasteiger partial charge on any atom is 0.271 e. The molecule has 0 aliphatic heterocycles. The van der Waals surface area contributed by atoms with Crippen molar-refractivity contribution in [2.75, 3.05) is 0 Å². The van der Waals surface area contributed by atoms with Gasteiger partial charge in [0.15, 0.2) is 0 Å². The Morgan fingerprint density at radius 2 is 1.59 bits per heavy atom. The lowest BCUT2D eigenvalue weighted by Gasteiger charge is -2.56. The molecule has 4 bridgehead atoms. The molecule has 0 radical (unpaired) electrons. The monoisotopic (exact) mass is 296 g/mol. The zero-order valence-electron chi connectivity index (χ0n) is 13.2. The van der Waals surface area contributed by atoms with Gasteiger partial charge in [-0.25, -0.2) is 5.43 Å². The molecule has 3 heteroatoms. The second kappa shape index (κ2) is 5.22. The van der Waals surface area contributed by atoms with Crippen molar-refractivity contribution in [2.24, 2.45) is 28.3 Å². The summed E-state index contributed by atoms with van der Waals surface area (Å²) < 4.78 is 0. The summed E-state index contributed by atoms with van der Waals surface area (Å²) in [6.07, 6.45) is 8.16. The van der Waals surface area contributed by atoms with E-state index in [-0.39, 0.29) is 11.3 Å². The van der Waals surface area contributed by atoms with Gasteiger partial charge in [-0.1, -0.05) is 18.2 Å². The smallest absolute Gasteiger partial charge is 0.267 e. The van der Waals surface area contributed by atoms with Crippen LogP contribution in [-0.2, 0) is 0 Å². The van der Waals surface area contributed by atoms with Gasteiger partial charge in [0, 0.05) is 16.7 Å². The van der Waals surface area contributed by atoms with Crippen molar-refractivity contribution in [3.05, 3.63) is 35.9 Å². The Bertz CT molecular complexity index is 570. The second-order valence-corrected chi connectivity index (χ2v) is 7.70. The fourth-order valence-electron chi connectivity index (χ4n) is 5.46. The summed E-state index contributed by atoms with van der Waals surface area (Å²) in [5.41, 5.74) is 4.87. The maximum atomic E-state index is 12.2. The number of amides is 1. The number of carbonyl (C=O) groups is 1. The normalized spacial score (nSPS) is 36.4. The summed E-state index contributed by atoms with van der Waals surface area (Å²) >= 11 is 0. The van der Waals surface area contributed by atoms with Crippen LogP contribution in [0.2, 0.25) is 0 Å². The minimum Gasteiger partial charge on any atom is -0.267 e. The van der Waals surface area contributed by atoms with E-state index in [2.05, 4.69) is 17.5 Å². The quantitative estimate of drug-likeness (QED) is 0.664. The number of rotatable bonds is 3. The van der Waals surface area contributed by atoms with Crippen LogP contribution >= 0.6 is 0 Å². The van der Waals surface area contributed by atoms with E-state index >= 15 is 0 Å². The van der Waals surface area contributed by atoms with E-state index in [0.29, 0.717) is 5.56 Å². The summed E-state index contributed by atoms with van der Waals surface area (Å²) in [5.74, 6) is 2.60. The van der Waals surface area contributed by atoms with Gasteiger partial charge < -0.3 is 0 Å². The molecular formula is C19H24N2O. The standard InChI is InChI=1S/C19H24N2O/c1-13(20-21-18(22)17-5-3-2-4-6-17)19-10-14-7-15(11-19)9-16(8-14)12-19/h2-6,14-16H,7-12H2,1H3,(H,21,22)/b20-13-. The first-order valence-electron chi connectivity index (χ1n) is 8.55. The van der Waals surface area contributed by atoms with Crippen molar-refractivity contribution in [2.45, 2.75) is 45.4 Å². The highest BCUT2D eigenvalue weighted by Gasteiger charge is 2.52. The Morgan fingerprint density at radius 1 is 1.05 bits per heavy atom. The molecule has 0 atom stereocenters. The van der Waals surface area contributed by atoms with Crippen LogP contribution in [0.15, 0.2) is 35.4 Å². The Hall–Kier alpha value is -1.64. The number of nitrogens with one attached hydrogen (secondary N) is 1. The van der Waals surface area contributed by atoms with Crippen LogP contribution in [0, 0.1) is 23.2 Å². The average molecular weight is 296 g/mol. The van der Waals surface area contributed by atoms with Crippen molar-refractivity contribution in [3.8, 4) is 0 Å². The molecule has 1 amide bonds. The molecule has 5 rings (SSSR count). The van der Waals surface area contributed by atoms with Crippen molar-refractivity contribution in [1.29, 1.82) is 0 Å². The lowest BCUT2D eigenvalue weighted by atomic mass is 9.48. The fourth-order valence-corrected chi connectivity index (χ4v) is 5.46. The van der Waals surface area contributed by atoms with Gasteiger partial charge in [0.1, 0.15) is 0 Å². The zero-order valence-corrected chi connectivity index (χ0v) is 13.2. The number of hydrogen-bond donors (Lipinski definition) is 1. The third-order valence-electron chi connectivity index (χ3n) is 6.17. The van der Waals surface area contributed by atoms with E-state index in [0.717, 1.165) is 23.5 Å². The highest BCUT2D eigenvalue weighted by Crippen LogP contribution is 2.60. The predicted molar refractivity (Wildman–Crippen MR) is 87.6 cm³/mol. The summed E-state index contributed by atoms with van der Waals surface area (Å²) in [4.78, 5) is 12.2. The minimum absolute atomic E-state index is 0.107. The molecule has 0 saturated heterocycles. The van der Waals surface area contributed by atoms with E-state index in [1.165, 1.54) is 38.5 Å². The molecule has 0 spiro atoms.